The van der Waals surface area contributed by atoms with E-state index in [9.17, 15) is 53.7 Å². The number of nitrogens with two attached hydrogens (primary N) is 1. The molecule has 2 aromatic heterocycles. The minimum Gasteiger partial charge on any atom is -0.480 e. The molecule has 2 aromatic rings. The molecule has 33 heteroatoms. The Morgan fingerprint density at radius 3 is 1.57 bits per heavy atom. The third kappa shape index (κ3) is 10.1. The number of aromatic nitrogens is 8. The smallest absolute Gasteiger partial charge is 0.352 e. The van der Waals surface area contributed by atoms with Crippen LogP contribution in [-0.4, -0.2) is 208 Å². The van der Waals surface area contributed by atoms with E-state index in [0.717, 1.165) is 33.3 Å². The molecule has 0 spiro atoms. The zero-order valence-corrected chi connectivity index (χ0v) is 39.3. The van der Waals surface area contributed by atoms with Crippen LogP contribution in [0.3, 0.4) is 0 Å². The van der Waals surface area contributed by atoms with Crippen LogP contribution >= 0.6 is 70.6 Å². The average Bonchev–Trinajstić information content (AvgIpc) is 3.89. The number of carbonyl (C=O) groups excluding carboxylic acids is 5. The van der Waals surface area contributed by atoms with Gasteiger partial charge in [0.15, 0.2) is 0 Å². The SMILES string of the molecule is CO[C@@]1(NC(=O)CSC[C@@H](N)C(=O)N[C@H](CSCC(=O)N[C@]2(OC)C(=O)N3C(C(=O)O)=C(CSc4nnnn4C)CS[C@@H]32)C(=O)O)C(=O)N2C(C(=O)O)=C(CSc3nnnn3C)CS[C@@H]21. The van der Waals surface area contributed by atoms with Crippen molar-refractivity contribution in [1.29, 1.82) is 0 Å². The highest BCUT2D eigenvalue weighted by molar-refractivity contribution is 8.01. The minimum atomic E-state index is -1.90. The van der Waals surface area contributed by atoms with Crippen molar-refractivity contribution in [2.24, 2.45) is 19.8 Å². The monoisotopic (exact) mass is 1020 g/mol. The van der Waals surface area contributed by atoms with E-state index >= 15 is 0 Å². The molecule has 65 heavy (non-hydrogen) atoms. The molecular weight excluding hydrogens is 981 g/mol. The molecule has 0 unspecified atom stereocenters. The Morgan fingerprint density at radius 2 is 1.20 bits per heavy atom. The number of ether oxygens (including phenoxy) is 2. The second kappa shape index (κ2) is 20.9. The Morgan fingerprint density at radius 1 is 0.769 bits per heavy atom. The molecule has 6 heterocycles. The summed E-state index contributed by atoms with van der Waals surface area (Å²) < 4.78 is 13.8. The number of amides is 5. The first-order valence-electron chi connectivity index (χ1n) is 18.6. The molecule has 2 fully saturated rings. The van der Waals surface area contributed by atoms with Gasteiger partial charge in [-0.25, -0.2) is 23.7 Å². The maximum absolute atomic E-state index is 13.5. The molecule has 0 aliphatic carbocycles. The first-order chi connectivity index (χ1) is 30.9. The number of nitrogens with zero attached hydrogens (tertiary/aromatic N) is 10. The summed E-state index contributed by atoms with van der Waals surface area (Å²) in [5, 5.41) is 58.6. The summed E-state index contributed by atoms with van der Waals surface area (Å²) >= 11 is 6.48. The van der Waals surface area contributed by atoms with Crippen molar-refractivity contribution in [2.45, 2.75) is 44.6 Å². The fraction of sp³-hybridized carbons (Fsp3) is 0.562. The number of methoxy groups -OCH3 is 2. The average molecular weight is 1020 g/mol. The fourth-order valence-corrected chi connectivity index (χ4v) is 13.1. The van der Waals surface area contributed by atoms with Gasteiger partial charge in [-0.05, 0) is 32.0 Å². The molecule has 4 aliphatic rings. The van der Waals surface area contributed by atoms with Crippen LogP contribution < -0.4 is 21.7 Å². The lowest BCUT2D eigenvalue weighted by molar-refractivity contribution is -0.192. The number of thioether (sulfide) groups is 6. The van der Waals surface area contributed by atoms with E-state index in [-0.39, 0.29) is 57.4 Å². The van der Waals surface area contributed by atoms with Crippen molar-refractivity contribution in [3.05, 3.63) is 22.5 Å². The number of tetrazole rings is 2. The standard InChI is InChI=1S/C32H40N14O13S6/c1-43-29(37-39-41-43)64-7-13-5-62-27-31(58-3,25(56)45(27)19(13)23(52)53)35-17(47)11-60-9-15(33)21(49)34-16(22(50)51)10-61-12-18(48)36-32(59-4)26(57)46-20(24(54)55)14(6-63-28(32)46)8-65-30-38-40-42-44(30)2/h15-16,27-28H,5-12,33H2,1-4H3,(H,34,49)(H,35,47)(H,36,48)(H,50,51)(H,52,53)(H,54,55)/t15-,16-,27-,28-,31+,32+/m1/s1. The largest absolute Gasteiger partial charge is 0.480 e. The zero-order valence-electron chi connectivity index (χ0n) is 34.4. The van der Waals surface area contributed by atoms with E-state index in [1.807, 2.05) is 0 Å². The number of nitrogens with one attached hydrogen (secondary N) is 3. The summed E-state index contributed by atoms with van der Waals surface area (Å²) in [7, 11) is 5.64. The number of carboxylic acid groups (broad SMARTS) is 3. The third-order valence-electron chi connectivity index (χ3n) is 9.83. The third-order valence-corrected chi connectivity index (χ3v) is 16.9. The highest BCUT2D eigenvalue weighted by Crippen LogP contribution is 2.48. The number of β-lactam (4-membered cyclic amide) rings is 2. The number of carbonyl (C=O) groups is 8. The molecule has 2 saturated heterocycles. The highest BCUT2D eigenvalue weighted by Gasteiger charge is 2.67. The van der Waals surface area contributed by atoms with E-state index in [4.69, 9.17) is 15.2 Å². The number of hydrogen-bond acceptors (Lipinski definition) is 23. The first kappa shape index (κ1) is 49.8. The molecule has 8 N–H and O–H groups in total. The highest BCUT2D eigenvalue weighted by atomic mass is 32.2. The van der Waals surface area contributed by atoms with Gasteiger partial charge in [-0.2, -0.15) is 0 Å². The van der Waals surface area contributed by atoms with Crippen LogP contribution in [0.15, 0.2) is 32.9 Å². The lowest BCUT2D eigenvalue weighted by atomic mass is 9.98. The lowest BCUT2D eigenvalue weighted by Crippen LogP contribution is -2.80. The Balaban J connectivity index is 0.946. The van der Waals surface area contributed by atoms with Gasteiger partial charge in [-0.1, -0.05) is 23.5 Å². The van der Waals surface area contributed by atoms with Crippen LogP contribution in [-0.2, 0) is 61.9 Å². The van der Waals surface area contributed by atoms with E-state index in [2.05, 4.69) is 47.0 Å². The normalized spacial score (nSPS) is 23.5. The Hall–Kier alpha value is -4.64. The van der Waals surface area contributed by atoms with E-state index in [1.165, 1.54) is 70.6 Å². The molecule has 4 aliphatic heterocycles. The first-order valence-corrected chi connectivity index (χ1v) is 25.0. The second-order valence-electron chi connectivity index (χ2n) is 14.0. The Kier molecular flexibility index (Phi) is 16.0. The number of rotatable bonds is 23. The second-order valence-corrected chi connectivity index (χ2v) is 20.0. The van der Waals surface area contributed by atoms with Crippen LogP contribution in [0, 0.1) is 0 Å². The molecule has 0 saturated carbocycles. The molecule has 6 rings (SSSR count). The van der Waals surface area contributed by atoms with Crippen molar-refractivity contribution >= 4 is 118 Å². The number of carboxylic acids is 3. The predicted octanol–water partition coefficient (Wildman–Crippen LogP) is -3.59. The summed E-state index contributed by atoms with van der Waals surface area (Å²) in [5.74, 6) is -8.40. The number of aryl methyl sites for hydroxylation is 2. The zero-order chi connectivity index (χ0) is 47.4. The summed E-state index contributed by atoms with van der Waals surface area (Å²) in [6.07, 6.45) is 0. The van der Waals surface area contributed by atoms with E-state index in [1.54, 1.807) is 14.1 Å². The summed E-state index contributed by atoms with van der Waals surface area (Å²) in [6.45, 7) is 0. The van der Waals surface area contributed by atoms with Gasteiger partial charge in [0.05, 0.1) is 17.5 Å². The number of fused-ring (bicyclic) bond motifs is 2. The molecule has 5 amide bonds. The molecule has 6 atom stereocenters. The van der Waals surface area contributed by atoms with Gasteiger partial charge in [0.25, 0.3) is 23.3 Å². The van der Waals surface area contributed by atoms with Crippen LogP contribution in [0.4, 0.5) is 0 Å². The van der Waals surface area contributed by atoms with Crippen LogP contribution in [0.2, 0.25) is 0 Å². The molecule has 27 nitrogen and oxygen atoms in total. The lowest BCUT2D eigenvalue weighted by Gasteiger charge is -2.55. The van der Waals surface area contributed by atoms with Gasteiger partial charge in [0.2, 0.25) is 28.0 Å². The molecule has 0 bridgehead atoms. The van der Waals surface area contributed by atoms with Crippen molar-refractivity contribution < 1.29 is 63.1 Å². The Labute approximate surface area is 392 Å². The molecule has 0 radical (unpaired) electrons. The Bertz CT molecular complexity index is 2330. The quantitative estimate of drug-likeness (QED) is 0.0321. The maximum Gasteiger partial charge on any atom is 0.352 e. The van der Waals surface area contributed by atoms with Gasteiger partial charge < -0.3 is 46.5 Å². The van der Waals surface area contributed by atoms with Crippen molar-refractivity contribution in [2.75, 3.05) is 60.2 Å². The number of aliphatic carboxylic acids is 3. The molecular formula is C32H40N14O13S6. The predicted molar refractivity (Wildman–Crippen MR) is 233 cm³/mol. The van der Waals surface area contributed by atoms with Crippen LogP contribution in [0.5, 0.6) is 0 Å². The number of hydrogen-bond donors (Lipinski definition) is 7. The van der Waals surface area contributed by atoms with Gasteiger partial charge in [-0.15, -0.1) is 57.2 Å². The fourth-order valence-electron chi connectivity index (χ4n) is 6.66. The van der Waals surface area contributed by atoms with Crippen LogP contribution in [0.1, 0.15) is 0 Å². The minimum absolute atomic E-state index is 0.158. The van der Waals surface area contributed by atoms with Gasteiger partial charge in [0, 0.05) is 62.8 Å². The van der Waals surface area contributed by atoms with Crippen LogP contribution in [0.25, 0.3) is 0 Å². The van der Waals surface area contributed by atoms with E-state index < -0.39 is 81.7 Å². The van der Waals surface area contributed by atoms with Crippen molar-refractivity contribution in [3.63, 3.8) is 0 Å². The summed E-state index contributed by atoms with van der Waals surface area (Å²) in [4.78, 5) is 105. The molecule has 0 aromatic carbocycles. The topological polar surface area (TPSA) is 371 Å². The molecule has 352 valence electrons. The van der Waals surface area contributed by atoms with Gasteiger partial charge >= 0.3 is 17.9 Å². The van der Waals surface area contributed by atoms with Crippen molar-refractivity contribution in [3.8, 4) is 0 Å². The van der Waals surface area contributed by atoms with Gasteiger partial charge in [-0.3, -0.25) is 33.8 Å². The van der Waals surface area contributed by atoms with E-state index in [0.29, 0.717) is 21.5 Å². The maximum atomic E-state index is 13.5. The summed E-state index contributed by atoms with van der Waals surface area (Å²) in [6, 6.07) is -2.79. The van der Waals surface area contributed by atoms with Gasteiger partial charge in [0.1, 0.15) is 28.2 Å². The summed E-state index contributed by atoms with van der Waals surface area (Å²) in [5.41, 5.74) is 2.65. The van der Waals surface area contributed by atoms with Crippen molar-refractivity contribution in [1.82, 2.24) is 66.2 Å².